The Morgan fingerprint density at radius 1 is 1.00 bits per heavy atom. The van der Waals surface area contributed by atoms with Crippen LogP contribution in [0.1, 0.15) is 16.2 Å². The molecule has 0 saturated heterocycles. The highest BCUT2D eigenvalue weighted by Crippen LogP contribution is 2.23. The molecule has 2 heterocycles. The Morgan fingerprint density at radius 2 is 1.84 bits per heavy atom. The average Bonchev–Trinajstić information content (AvgIpc) is 3.08. The number of carbonyl (C=O) groups is 1. The van der Waals surface area contributed by atoms with E-state index in [0.717, 1.165) is 27.6 Å². The number of pyridine rings is 1. The van der Waals surface area contributed by atoms with Crippen LogP contribution in [0.2, 0.25) is 0 Å². The van der Waals surface area contributed by atoms with Gasteiger partial charge in [0.15, 0.2) is 5.82 Å². The minimum Gasteiger partial charge on any atom is -0.332 e. The van der Waals surface area contributed by atoms with E-state index in [4.69, 9.17) is 0 Å². The van der Waals surface area contributed by atoms with Crippen LogP contribution >= 0.6 is 0 Å². The van der Waals surface area contributed by atoms with Gasteiger partial charge in [-0.05, 0) is 23.3 Å². The fourth-order valence-corrected chi connectivity index (χ4v) is 2.96. The topological polar surface area (TPSA) is 47.8 Å². The summed E-state index contributed by atoms with van der Waals surface area (Å²) in [5, 5.41) is 1.06. The van der Waals surface area contributed by atoms with E-state index in [1.807, 2.05) is 49.6 Å². The fourth-order valence-electron chi connectivity index (χ4n) is 2.96. The van der Waals surface area contributed by atoms with E-state index in [2.05, 4.69) is 28.2 Å². The van der Waals surface area contributed by atoms with Gasteiger partial charge in [-0.1, -0.05) is 42.5 Å². The zero-order chi connectivity index (χ0) is 17.2. The smallest absolute Gasteiger partial charge is 0.202 e. The summed E-state index contributed by atoms with van der Waals surface area (Å²) in [6, 6.07) is 18.3. The maximum atomic E-state index is 12.4. The molecular weight excluding hydrogens is 310 g/mol. The first-order valence-corrected chi connectivity index (χ1v) is 8.15. The second kappa shape index (κ2) is 6.32. The van der Waals surface area contributed by atoms with Crippen LogP contribution in [0.5, 0.6) is 0 Å². The van der Waals surface area contributed by atoms with Gasteiger partial charge in [-0.15, -0.1) is 0 Å². The molecule has 4 heteroatoms. The van der Waals surface area contributed by atoms with E-state index >= 15 is 0 Å². The number of hydrogen-bond acceptors (Lipinski definition) is 3. The lowest BCUT2D eigenvalue weighted by atomic mass is 10.0. The molecule has 25 heavy (non-hydrogen) atoms. The number of hydrogen-bond donors (Lipinski definition) is 0. The molecule has 4 rings (SSSR count). The summed E-state index contributed by atoms with van der Waals surface area (Å²) in [6.07, 6.45) is 5.62. The molecule has 2 aromatic carbocycles. The highest BCUT2D eigenvalue weighted by Gasteiger charge is 2.12. The highest BCUT2D eigenvalue weighted by molar-refractivity contribution is 5.95. The Hall–Kier alpha value is -3.27. The molecule has 0 aliphatic heterocycles. The summed E-state index contributed by atoms with van der Waals surface area (Å²) >= 11 is 0. The molecule has 4 nitrogen and oxygen atoms in total. The molecule has 0 saturated carbocycles. The molecule has 0 unspecified atom stereocenters. The number of fused-ring (bicyclic) bond motifs is 1. The molecule has 0 fully saturated rings. The Kier molecular flexibility index (Phi) is 3.86. The lowest BCUT2D eigenvalue weighted by molar-refractivity contribution is 0.0980. The predicted octanol–water partition coefficient (Wildman–Crippen LogP) is 4.06. The third-order valence-corrected chi connectivity index (χ3v) is 4.29. The number of Topliss-reactive ketones (excluding diaryl/α,β-unsaturated/α-hetero) is 1. The molecule has 0 N–H and O–H groups in total. The van der Waals surface area contributed by atoms with Gasteiger partial charge in [0.1, 0.15) is 0 Å². The van der Waals surface area contributed by atoms with Crippen LogP contribution in [0.15, 0.2) is 73.2 Å². The van der Waals surface area contributed by atoms with Crippen LogP contribution in [0.4, 0.5) is 0 Å². The Labute approximate surface area is 145 Å². The van der Waals surface area contributed by atoms with Gasteiger partial charge in [0, 0.05) is 43.0 Å². The van der Waals surface area contributed by atoms with Crippen LogP contribution < -0.4 is 0 Å². The summed E-state index contributed by atoms with van der Waals surface area (Å²) < 4.78 is 1.74. The number of benzene rings is 2. The van der Waals surface area contributed by atoms with Gasteiger partial charge in [0.25, 0.3) is 0 Å². The third-order valence-electron chi connectivity index (χ3n) is 4.29. The molecule has 0 aliphatic rings. The number of imidazole rings is 1. The molecule has 0 amide bonds. The number of rotatable bonds is 4. The molecule has 0 atom stereocenters. The van der Waals surface area contributed by atoms with Gasteiger partial charge in [-0.3, -0.25) is 9.78 Å². The average molecular weight is 327 g/mol. The minimum absolute atomic E-state index is 0.00718. The molecule has 2 aromatic heterocycles. The summed E-state index contributed by atoms with van der Waals surface area (Å²) in [7, 11) is 1.83. The van der Waals surface area contributed by atoms with Gasteiger partial charge >= 0.3 is 0 Å². The summed E-state index contributed by atoms with van der Waals surface area (Å²) in [4.78, 5) is 21.1. The number of nitrogens with zero attached hydrogens (tertiary/aromatic N) is 3. The van der Waals surface area contributed by atoms with Crippen molar-refractivity contribution in [2.75, 3.05) is 0 Å². The standard InChI is InChI=1S/C21H17N3O/c1-24-10-9-22-21(24)20(25)12-15-7-8-17-13-18(14-23-19(17)11-15)16-5-3-2-4-6-16/h2-11,13-14H,12H2,1H3. The van der Waals surface area contributed by atoms with Crippen molar-refractivity contribution in [3.05, 3.63) is 84.6 Å². The first-order valence-electron chi connectivity index (χ1n) is 8.15. The number of aromatic nitrogens is 3. The first kappa shape index (κ1) is 15.3. The van der Waals surface area contributed by atoms with Crippen molar-refractivity contribution in [3.8, 4) is 11.1 Å². The van der Waals surface area contributed by atoms with Gasteiger partial charge in [0.2, 0.25) is 5.78 Å². The van der Waals surface area contributed by atoms with E-state index in [0.29, 0.717) is 12.2 Å². The minimum atomic E-state index is 0.00718. The van der Waals surface area contributed by atoms with Crippen molar-refractivity contribution < 1.29 is 4.79 Å². The largest absolute Gasteiger partial charge is 0.332 e. The van der Waals surface area contributed by atoms with Gasteiger partial charge < -0.3 is 4.57 Å². The Balaban J connectivity index is 1.63. The maximum absolute atomic E-state index is 12.4. The van der Waals surface area contributed by atoms with Crippen LogP contribution in [0.25, 0.3) is 22.0 Å². The van der Waals surface area contributed by atoms with E-state index < -0.39 is 0 Å². The van der Waals surface area contributed by atoms with Crippen molar-refractivity contribution >= 4 is 16.7 Å². The third kappa shape index (κ3) is 3.06. The molecule has 0 radical (unpaired) electrons. The predicted molar refractivity (Wildman–Crippen MR) is 98.4 cm³/mol. The SMILES string of the molecule is Cn1ccnc1C(=O)Cc1ccc2cc(-c3ccccc3)cnc2c1. The van der Waals surface area contributed by atoms with Crippen LogP contribution in [0.3, 0.4) is 0 Å². The first-order chi connectivity index (χ1) is 12.2. The lowest BCUT2D eigenvalue weighted by Crippen LogP contribution is -2.10. The number of aryl methyl sites for hydroxylation is 1. The van der Waals surface area contributed by atoms with Crippen LogP contribution in [-0.4, -0.2) is 20.3 Å². The molecular formula is C21H17N3O. The van der Waals surface area contributed by atoms with Gasteiger partial charge in [0.05, 0.1) is 5.52 Å². The monoisotopic (exact) mass is 327 g/mol. The van der Waals surface area contributed by atoms with Crippen molar-refractivity contribution in [1.29, 1.82) is 0 Å². The zero-order valence-electron chi connectivity index (χ0n) is 13.9. The number of carbonyl (C=O) groups excluding carboxylic acids is 1. The molecule has 0 spiro atoms. The Morgan fingerprint density at radius 3 is 2.60 bits per heavy atom. The second-order valence-corrected chi connectivity index (χ2v) is 6.08. The van der Waals surface area contributed by atoms with Crippen LogP contribution in [0, 0.1) is 0 Å². The maximum Gasteiger partial charge on any atom is 0.202 e. The van der Waals surface area contributed by atoms with E-state index in [-0.39, 0.29) is 5.78 Å². The van der Waals surface area contributed by atoms with E-state index in [9.17, 15) is 4.79 Å². The van der Waals surface area contributed by atoms with E-state index in [1.165, 1.54) is 0 Å². The summed E-state index contributed by atoms with van der Waals surface area (Å²) in [5.74, 6) is 0.486. The summed E-state index contributed by atoms with van der Waals surface area (Å²) in [6.45, 7) is 0. The van der Waals surface area contributed by atoms with Gasteiger partial charge in [-0.25, -0.2) is 4.98 Å². The van der Waals surface area contributed by atoms with Crippen LogP contribution in [-0.2, 0) is 13.5 Å². The Bertz CT molecular complexity index is 1050. The van der Waals surface area contributed by atoms with Crippen molar-refractivity contribution in [2.24, 2.45) is 7.05 Å². The zero-order valence-corrected chi connectivity index (χ0v) is 13.9. The summed E-state index contributed by atoms with van der Waals surface area (Å²) in [5.41, 5.74) is 4.07. The lowest BCUT2D eigenvalue weighted by Gasteiger charge is -2.06. The second-order valence-electron chi connectivity index (χ2n) is 6.08. The van der Waals surface area contributed by atoms with Crippen molar-refractivity contribution in [2.45, 2.75) is 6.42 Å². The van der Waals surface area contributed by atoms with Crippen molar-refractivity contribution in [3.63, 3.8) is 0 Å². The van der Waals surface area contributed by atoms with E-state index in [1.54, 1.807) is 17.0 Å². The molecule has 4 aromatic rings. The van der Waals surface area contributed by atoms with Crippen molar-refractivity contribution in [1.82, 2.24) is 14.5 Å². The highest BCUT2D eigenvalue weighted by atomic mass is 16.1. The normalized spacial score (nSPS) is 10.9. The molecule has 122 valence electrons. The molecule has 0 bridgehead atoms. The fraction of sp³-hybridized carbons (Fsp3) is 0.0952. The molecule has 0 aliphatic carbocycles. The quantitative estimate of drug-likeness (QED) is 0.531. The number of ketones is 1. The van der Waals surface area contributed by atoms with Gasteiger partial charge in [-0.2, -0.15) is 0 Å².